The molecule has 1 unspecified atom stereocenters. The molecule has 1 aromatic carbocycles. The highest BCUT2D eigenvalue weighted by molar-refractivity contribution is 7.84. The van der Waals surface area contributed by atoms with Crippen LogP contribution in [0.25, 0.3) is 22.6 Å². The number of hydrogen-bond acceptors (Lipinski definition) is 4. The van der Waals surface area contributed by atoms with Gasteiger partial charge in [0.15, 0.2) is 5.58 Å². The van der Waals surface area contributed by atoms with Gasteiger partial charge in [-0.2, -0.15) is 13.2 Å². The quantitative estimate of drug-likeness (QED) is 0.721. The Balaban J connectivity index is 2.16. The summed E-state index contributed by atoms with van der Waals surface area (Å²) in [6, 6.07) is 4.64. The number of hydrogen-bond donors (Lipinski definition) is 0. The van der Waals surface area contributed by atoms with Gasteiger partial charge >= 0.3 is 6.18 Å². The fourth-order valence-electron chi connectivity index (χ4n) is 2.00. The summed E-state index contributed by atoms with van der Waals surface area (Å²) in [5.74, 6) is 0.113. The van der Waals surface area contributed by atoms with E-state index in [4.69, 9.17) is 4.42 Å². The maximum atomic E-state index is 12.7. The molecule has 0 saturated heterocycles. The highest BCUT2D eigenvalue weighted by atomic mass is 32.2. The van der Waals surface area contributed by atoms with E-state index in [9.17, 15) is 17.4 Å². The lowest BCUT2D eigenvalue weighted by molar-refractivity contribution is -0.137. The smallest absolute Gasteiger partial charge is 0.416 e. The van der Waals surface area contributed by atoms with E-state index in [0.717, 1.165) is 12.1 Å². The molecule has 2 aromatic heterocycles. The molecule has 0 aliphatic carbocycles. The summed E-state index contributed by atoms with van der Waals surface area (Å²) >= 11 is 0. The van der Waals surface area contributed by atoms with E-state index in [1.165, 1.54) is 24.7 Å². The van der Waals surface area contributed by atoms with Gasteiger partial charge in [0.1, 0.15) is 5.52 Å². The summed E-state index contributed by atoms with van der Waals surface area (Å²) < 4.78 is 55.3. The van der Waals surface area contributed by atoms with Gasteiger partial charge in [-0.05, 0) is 24.3 Å². The SMILES string of the molecule is CS(=O)c1cnccc1-c1nc2cc(C(F)(F)F)ccc2o1. The third-order valence-electron chi connectivity index (χ3n) is 3.04. The van der Waals surface area contributed by atoms with E-state index in [1.807, 2.05) is 0 Å². The third-order valence-corrected chi connectivity index (χ3v) is 3.98. The van der Waals surface area contributed by atoms with Crippen molar-refractivity contribution in [3.05, 3.63) is 42.2 Å². The Morgan fingerprint density at radius 2 is 2.00 bits per heavy atom. The summed E-state index contributed by atoms with van der Waals surface area (Å²) in [7, 11) is -1.32. The molecular weight excluding hydrogens is 317 g/mol. The van der Waals surface area contributed by atoms with E-state index < -0.39 is 22.5 Å². The van der Waals surface area contributed by atoms with Gasteiger partial charge in [0.2, 0.25) is 5.89 Å². The first kappa shape index (κ1) is 14.7. The van der Waals surface area contributed by atoms with Gasteiger partial charge in [0.25, 0.3) is 0 Å². The van der Waals surface area contributed by atoms with Crippen molar-refractivity contribution in [3.8, 4) is 11.5 Å². The molecule has 3 rings (SSSR count). The van der Waals surface area contributed by atoms with Crippen LogP contribution in [0.2, 0.25) is 0 Å². The molecular formula is C14H9F3N2O2S. The van der Waals surface area contributed by atoms with E-state index in [2.05, 4.69) is 9.97 Å². The number of pyridine rings is 1. The second-order valence-corrected chi connectivity index (χ2v) is 5.87. The van der Waals surface area contributed by atoms with Crippen molar-refractivity contribution in [1.29, 1.82) is 0 Å². The number of benzene rings is 1. The second kappa shape index (κ2) is 5.20. The van der Waals surface area contributed by atoms with Crippen LogP contribution in [0.3, 0.4) is 0 Å². The van der Waals surface area contributed by atoms with Gasteiger partial charge in [-0.1, -0.05) is 0 Å². The summed E-state index contributed by atoms with van der Waals surface area (Å²) in [5, 5.41) is 0. The van der Waals surface area contributed by atoms with E-state index in [-0.39, 0.29) is 17.0 Å². The standard InChI is InChI=1S/C14H9F3N2O2S/c1-22(20)12-7-18-5-4-9(12)13-19-10-6-8(14(15,16)17)2-3-11(10)21-13/h2-7H,1H3. The first-order valence-corrected chi connectivity index (χ1v) is 7.67. The minimum Gasteiger partial charge on any atom is -0.436 e. The highest BCUT2D eigenvalue weighted by Crippen LogP contribution is 2.33. The number of rotatable bonds is 2. The molecule has 8 heteroatoms. The Morgan fingerprint density at radius 3 is 2.68 bits per heavy atom. The molecule has 0 saturated carbocycles. The van der Waals surface area contributed by atoms with Crippen LogP contribution in [0.5, 0.6) is 0 Å². The number of halogens is 3. The Bertz CT molecular complexity index is 874. The minimum absolute atomic E-state index is 0.0921. The zero-order valence-corrected chi connectivity index (χ0v) is 12.0. The lowest BCUT2D eigenvalue weighted by Gasteiger charge is -2.04. The van der Waals surface area contributed by atoms with Crippen molar-refractivity contribution in [1.82, 2.24) is 9.97 Å². The summed E-state index contributed by atoms with van der Waals surface area (Å²) in [5.41, 5.74) is -0.0309. The van der Waals surface area contributed by atoms with E-state index in [1.54, 1.807) is 6.07 Å². The average Bonchev–Trinajstić information content (AvgIpc) is 2.89. The highest BCUT2D eigenvalue weighted by Gasteiger charge is 2.31. The molecule has 0 amide bonds. The zero-order chi connectivity index (χ0) is 15.9. The van der Waals surface area contributed by atoms with Crippen molar-refractivity contribution in [2.24, 2.45) is 0 Å². The third kappa shape index (κ3) is 2.61. The summed E-state index contributed by atoms with van der Waals surface area (Å²) in [6.07, 6.45) is -0.0753. The van der Waals surface area contributed by atoms with E-state index in [0.29, 0.717) is 10.5 Å². The summed E-state index contributed by atoms with van der Waals surface area (Å²) in [6.45, 7) is 0. The molecule has 2 heterocycles. The number of alkyl halides is 3. The van der Waals surface area contributed by atoms with E-state index >= 15 is 0 Å². The molecule has 0 N–H and O–H groups in total. The van der Waals surface area contributed by atoms with Crippen molar-refractivity contribution < 1.29 is 21.8 Å². The summed E-state index contributed by atoms with van der Waals surface area (Å²) in [4.78, 5) is 8.36. The van der Waals surface area contributed by atoms with Crippen LogP contribution >= 0.6 is 0 Å². The molecule has 0 spiro atoms. The lowest BCUT2D eigenvalue weighted by Crippen LogP contribution is -2.03. The van der Waals surface area contributed by atoms with Crippen LogP contribution in [0, 0.1) is 0 Å². The Labute approximate surface area is 125 Å². The zero-order valence-electron chi connectivity index (χ0n) is 11.2. The van der Waals surface area contributed by atoms with Crippen LogP contribution in [-0.2, 0) is 17.0 Å². The normalized spacial score (nSPS) is 13.5. The minimum atomic E-state index is -4.44. The van der Waals surface area contributed by atoms with Gasteiger partial charge in [0.05, 0.1) is 26.8 Å². The van der Waals surface area contributed by atoms with Crippen LogP contribution in [-0.4, -0.2) is 20.4 Å². The molecule has 0 fully saturated rings. The molecule has 1 atom stereocenters. The van der Waals surface area contributed by atoms with Gasteiger partial charge in [-0.3, -0.25) is 9.19 Å². The predicted molar refractivity (Wildman–Crippen MR) is 74.6 cm³/mol. The largest absolute Gasteiger partial charge is 0.436 e. The molecule has 0 bridgehead atoms. The molecule has 3 aromatic rings. The Hall–Kier alpha value is -2.22. The fraction of sp³-hybridized carbons (Fsp3) is 0.143. The number of aromatic nitrogens is 2. The number of fused-ring (bicyclic) bond motifs is 1. The molecule has 4 nitrogen and oxygen atoms in total. The van der Waals surface area contributed by atoms with Crippen LogP contribution in [0.4, 0.5) is 13.2 Å². The van der Waals surface area contributed by atoms with Crippen LogP contribution in [0.1, 0.15) is 5.56 Å². The van der Waals surface area contributed by atoms with Crippen molar-refractivity contribution >= 4 is 21.9 Å². The monoisotopic (exact) mass is 326 g/mol. The van der Waals surface area contributed by atoms with Crippen LogP contribution < -0.4 is 0 Å². The molecule has 0 radical (unpaired) electrons. The van der Waals surface area contributed by atoms with Gasteiger partial charge in [-0.25, -0.2) is 4.98 Å². The maximum absolute atomic E-state index is 12.7. The molecule has 22 heavy (non-hydrogen) atoms. The first-order valence-electron chi connectivity index (χ1n) is 6.12. The van der Waals surface area contributed by atoms with Gasteiger partial charge in [-0.15, -0.1) is 0 Å². The maximum Gasteiger partial charge on any atom is 0.416 e. The topological polar surface area (TPSA) is 56.0 Å². The second-order valence-electron chi connectivity index (χ2n) is 4.53. The number of oxazole rings is 1. The van der Waals surface area contributed by atoms with Gasteiger partial charge < -0.3 is 4.42 Å². The molecule has 0 aliphatic heterocycles. The van der Waals surface area contributed by atoms with Crippen molar-refractivity contribution in [3.63, 3.8) is 0 Å². The van der Waals surface area contributed by atoms with Crippen LogP contribution in [0.15, 0.2) is 46.0 Å². The number of nitrogens with zero attached hydrogens (tertiary/aromatic N) is 2. The average molecular weight is 326 g/mol. The first-order chi connectivity index (χ1) is 10.4. The van der Waals surface area contributed by atoms with Gasteiger partial charge in [0, 0.05) is 18.6 Å². The molecule has 0 aliphatic rings. The fourth-order valence-corrected chi connectivity index (χ4v) is 2.68. The van der Waals surface area contributed by atoms with Crippen molar-refractivity contribution in [2.75, 3.05) is 6.26 Å². The Kier molecular flexibility index (Phi) is 3.48. The predicted octanol–water partition coefficient (Wildman–Crippen LogP) is 3.65. The van der Waals surface area contributed by atoms with Crippen molar-refractivity contribution in [2.45, 2.75) is 11.1 Å². The Morgan fingerprint density at radius 1 is 1.23 bits per heavy atom. The molecule has 114 valence electrons. The lowest BCUT2D eigenvalue weighted by atomic mass is 10.2.